The number of amides is 2. The van der Waals surface area contributed by atoms with Crippen molar-refractivity contribution in [2.45, 2.75) is 77.9 Å². The van der Waals surface area contributed by atoms with Crippen LogP contribution in [0.25, 0.3) is 0 Å². The van der Waals surface area contributed by atoms with Crippen LogP contribution in [0, 0.1) is 5.41 Å². The highest BCUT2D eigenvalue weighted by Crippen LogP contribution is 2.40. The zero-order valence-electron chi connectivity index (χ0n) is 24.7. The van der Waals surface area contributed by atoms with Gasteiger partial charge in [-0.1, -0.05) is 12.8 Å². The number of likely N-dealkylation sites (tertiary alicyclic amines) is 1. The van der Waals surface area contributed by atoms with Gasteiger partial charge in [0.15, 0.2) is 5.82 Å². The summed E-state index contributed by atoms with van der Waals surface area (Å²) < 4.78 is 5.65. The van der Waals surface area contributed by atoms with Crippen LogP contribution in [-0.2, 0) is 4.79 Å². The first-order valence-corrected chi connectivity index (χ1v) is 14.5. The SMILES string of the molecule is COc1cc(C(=O)NC2CCN(C(C)C)C2)ccc1Nc1ncc2c(n1)N(C1CCCC1)CC(C)(C)C(=O)N2C. The Kier molecular flexibility index (Phi) is 7.90. The number of nitrogens with one attached hydrogen (secondary N) is 2. The summed E-state index contributed by atoms with van der Waals surface area (Å²) in [4.78, 5) is 42.2. The van der Waals surface area contributed by atoms with Crippen LogP contribution in [0.5, 0.6) is 5.75 Å². The molecule has 2 amide bonds. The molecule has 1 aromatic carbocycles. The second-order valence-electron chi connectivity index (χ2n) is 12.3. The van der Waals surface area contributed by atoms with Crippen LogP contribution in [0.2, 0.25) is 0 Å². The van der Waals surface area contributed by atoms with Crippen molar-refractivity contribution in [3.05, 3.63) is 30.0 Å². The third kappa shape index (κ3) is 5.59. The fraction of sp³-hybridized carbons (Fsp3) is 0.600. The molecule has 216 valence electrons. The van der Waals surface area contributed by atoms with Crippen molar-refractivity contribution in [2.75, 3.05) is 48.9 Å². The number of rotatable bonds is 7. The van der Waals surface area contributed by atoms with Gasteiger partial charge in [-0.15, -0.1) is 0 Å². The summed E-state index contributed by atoms with van der Waals surface area (Å²) in [7, 11) is 3.39. The van der Waals surface area contributed by atoms with E-state index in [4.69, 9.17) is 9.72 Å². The molecule has 2 fully saturated rings. The van der Waals surface area contributed by atoms with Gasteiger partial charge in [-0.05, 0) is 65.2 Å². The number of carbonyl (C=O) groups excluding carboxylic acids is 2. The fourth-order valence-corrected chi connectivity index (χ4v) is 6.22. The van der Waals surface area contributed by atoms with E-state index in [0.717, 1.165) is 43.9 Å². The number of benzene rings is 1. The monoisotopic (exact) mass is 549 g/mol. The molecule has 1 aliphatic carbocycles. The number of ether oxygens (including phenoxy) is 1. The number of carbonyl (C=O) groups is 2. The van der Waals surface area contributed by atoms with E-state index < -0.39 is 5.41 Å². The smallest absolute Gasteiger partial charge is 0.251 e. The van der Waals surface area contributed by atoms with Gasteiger partial charge in [0.1, 0.15) is 11.4 Å². The summed E-state index contributed by atoms with van der Waals surface area (Å²) in [5, 5.41) is 6.46. The minimum absolute atomic E-state index is 0.0589. The van der Waals surface area contributed by atoms with Crippen LogP contribution in [0.4, 0.5) is 23.1 Å². The molecule has 1 saturated heterocycles. The maximum Gasteiger partial charge on any atom is 0.251 e. The molecular formula is C30H43N7O3. The molecule has 1 aromatic heterocycles. The molecule has 2 aliphatic heterocycles. The van der Waals surface area contributed by atoms with E-state index in [0.29, 0.717) is 41.6 Å². The van der Waals surface area contributed by atoms with Gasteiger partial charge in [-0.2, -0.15) is 4.98 Å². The van der Waals surface area contributed by atoms with Gasteiger partial charge in [0.25, 0.3) is 5.91 Å². The minimum atomic E-state index is -0.545. The number of anilines is 4. The van der Waals surface area contributed by atoms with Crippen molar-refractivity contribution in [2.24, 2.45) is 5.41 Å². The van der Waals surface area contributed by atoms with Gasteiger partial charge in [0.2, 0.25) is 11.9 Å². The molecule has 1 unspecified atom stereocenters. The van der Waals surface area contributed by atoms with Gasteiger partial charge >= 0.3 is 0 Å². The lowest BCUT2D eigenvalue weighted by Crippen LogP contribution is -2.45. The maximum atomic E-state index is 13.3. The summed E-state index contributed by atoms with van der Waals surface area (Å²) in [6.45, 7) is 10.8. The van der Waals surface area contributed by atoms with Gasteiger partial charge < -0.3 is 25.2 Å². The summed E-state index contributed by atoms with van der Waals surface area (Å²) in [5.41, 5.74) is 1.38. The number of hydrogen-bond donors (Lipinski definition) is 2. The largest absolute Gasteiger partial charge is 0.495 e. The van der Waals surface area contributed by atoms with Crippen molar-refractivity contribution in [3.63, 3.8) is 0 Å². The van der Waals surface area contributed by atoms with E-state index in [1.54, 1.807) is 37.4 Å². The molecule has 40 heavy (non-hydrogen) atoms. The Balaban J connectivity index is 1.37. The van der Waals surface area contributed by atoms with Crippen molar-refractivity contribution in [1.29, 1.82) is 0 Å². The standard InChI is InChI=1S/C30H43N7O3/c1-19(2)36-14-13-21(17-36)32-27(38)20-11-12-23(25(15-20)40-6)33-29-31-16-24-26(34-29)37(22-9-7-8-10-22)18-30(3,4)28(39)35(24)5/h11-12,15-16,19,21-22H,7-10,13-14,17-18H2,1-6H3,(H,32,38)(H,31,33,34). The highest BCUT2D eigenvalue weighted by Gasteiger charge is 2.41. The Hall–Kier alpha value is -3.40. The molecule has 2 N–H and O–H groups in total. The Bertz CT molecular complexity index is 1260. The predicted octanol–water partition coefficient (Wildman–Crippen LogP) is 4.19. The Labute approximate surface area is 237 Å². The molecule has 3 aliphatic rings. The van der Waals surface area contributed by atoms with E-state index in [1.807, 2.05) is 19.9 Å². The van der Waals surface area contributed by atoms with Crippen molar-refractivity contribution in [1.82, 2.24) is 20.2 Å². The third-order valence-electron chi connectivity index (χ3n) is 8.59. The summed E-state index contributed by atoms with van der Waals surface area (Å²) in [6.07, 6.45) is 7.23. The zero-order chi connectivity index (χ0) is 28.6. The molecule has 2 aromatic rings. The zero-order valence-corrected chi connectivity index (χ0v) is 24.7. The lowest BCUT2D eigenvalue weighted by molar-refractivity contribution is -0.125. The second-order valence-corrected chi connectivity index (χ2v) is 12.3. The Morgan fingerprint density at radius 1 is 1.18 bits per heavy atom. The average Bonchev–Trinajstić information content (AvgIpc) is 3.63. The Morgan fingerprint density at radius 2 is 1.93 bits per heavy atom. The first-order chi connectivity index (χ1) is 19.1. The number of hydrogen-bond acceptors (Lipinski definition) is 8. The van der Waals surface area contributed by atoms with Gasteiger partial charge in [0.05, 0.1) is 24.4 Å². The van der Waals surface area contributed by atoms with Gasteiger partial charge in [0, 0.05) is 50.4 Å². The highest BCUT2D eigenvalue weighted by atomic mass is 16.5. The molecular weight excluding hydrogens is 506 g/mol. The number of aromatic nitrogens is 2. The number of fused-ring (bicyclic) bond motifs is 1. The predicted molar refractivity (Wildman–Crippen MR) is 158 cm³/mol. The van der Waals surface area contributed by atoms with Crippen molar-refractivity contribution < 1.29 is 14.3 Å². The van der Waals surface area contributed by atoms with Crippen LogP contribution >= 0.6 is 0 Å². The van der Waals surface area contributed by atoms with E-state index in [9.17, 15) is 9.59 Å². The van der Waals surface area contributed by atoms with E-state index >= 15 is 0 Å². The number of methoxy groups -OCH3 is 1. The first kappa shape index (κ1) is 28.1. The number of nitrogens with zero attached hydrogens (tertiary/aromatic N) is 5. The first-order valence-electron chi connectivity index (χ1n) is 14.5. The molecule has 0 bridgehead atoms. The van der Waals surface area contributed by atoms with Gasteiger partial charge in [-0.25, -0.2) is 4.98 Å². The molecule has 5 rings (SSSR count). The lowest BCUT2D eigenvalue weighted by Gasteiger charge is -2.34. The van der Waals surface area contributed by atoms with E-state index in [-0.39, 0.29) is 17.9 Å². The highest BCUT2D eigenvalue weighted by molar-refractivity contribution is 6.01. The minimum Gasteiger partial charge on any atom is -0.495 e. The quantitative estimate of drug-likeness (QED) is 0.530. The van der Waals surface area contributed by atoms with Crippen LogP contribution in [0.1, 0.15) is 70.2 Å². The summed E-state index contributed by atoms with van der Waals surface area (Å²) in [6, 6.07) is 6.32. The topological polar surface area (TPSA) is 103 Å². The summed E-state index contributed by atoms with van der Waals surface area (Å²) >= 11 is 0. The van der Waals surface area contributed by atoms with Crippen LogP contribution < -0.4 is 25.2 Å². The van der Waals surface area contributed by atoms with E-state index in [1.165, 1.54) is 12.8 Å². The Morgan fingerprint density at radius 3 is 2.60 bits per heavy atom. The van der Waals surface area contributed by atoms with Gasteiger partial charge in [-0.3, -0.25) is 14.5 Å². The third-order valence-corrected chi connectivity index (χ3v) is 8.59. The van der Waals surface area contributed by atoms with Crippen molar-refractivity contribution in [3.8, 4) is 5.75 Å². The maximum absolute atomic E-state index is 13.3. The molecule has 1 atom stereocenters. The van der Waals surface area contributed by atoms with Crippen LogP contribution in [-0.4, -0.2) is 78.6 Å². The lowest BCUT2D eigenvalue weighted by atomic mass is 9.91. The molecule has 3 heterocycles. The van der Waals surface area contributed by atoms with Crippen LogP contribution in [0.3, 0.4) is 0 Å². The molecule has 10 nitrogen and oxygen atoms in total. The normalized spacial score (nSPS) is 21.5. The molecule has 0 spiro atoms. The van der Waals surface area contributed by atoms with E-state index in [2.05, 4.69) is 39.3 Å². The average molecular weight is 550 g/mol. The molecule has 1 saturated carbocycles. The molecule has 10 heteroatoms. The summed E-state index contributed by atoms with van der Waals surface area (Å²) in [5.74, 6) is 1.67. The van der Waals surface area contributed by atoms with Crippen molar-refractivity contribution >= 4 is 35.0 Å². The fourth-order valence-electron chi connectivity index (χ4n) is 6.22. The molecule has 0 radical (unpaired) electrons. The second kappa shape index (κ2) is 11.2. The van der Waals surface area contributed by atoms with Crippen LogP contribution in [0.15, 0.2) is 24.4 Å².